The topological polar surface area (TPSA) is 74.3 Å². The molecular formula is C13H14N2O3. The van der Waals surface area contributed by atoms with Crippen LogP contribution in [-0.4, -0.2) is 17.1 Å². The minimum Gasteiger partial charge on any atom is -0.461 e. The van der Waals surface area contributed by atoms with Crippen LogP contribution < -0.4 is 11.3 Å². The van der Waals surface area contributed by atoms with Gasteiger partial charge in [0.2, 0.25) is 0 Å². The molecule has 0 saturated heterocycles. The molecule has 1 aromatic heterocycles. The van der Waals surface area contributed by atoms with Gasteiger partial charge < -0.3 is 15.0 Å². The molecule has 0 radical (unpaired) electrons. The largest absolute Gasteiger partial charge is 0.461 e. The predicted octanol–water partition coefficient (Wildman–Crippen LogP) is 1.30. The first-order valence-electron chi connectivity index (χ1n) is 5.62. The molecule has 2 rings (SSSR count). The van der Waals surface area contributed by atoms with Crippen LogP contribution in [0.1, 0.15) is 17.4 Å². The van der Waals surface area contributed by atoms with Gasteiger partial charge in [-0.2, -0.15) is 0 Å². The van der Waals surface area contributed by atoms with Crippen LogP contribution >= 0.6 is 0 Å². The Balaban J connectivity index is 2.83. The summed E-state index contributed by atoms with van der Waals surface area (Å²) in [4.78, 5) is 23.9. The maximum absolute atomic E-state index is 12.1. The second kappa shape index (κ2) is 4.52. The fourth-order valence-corrected chi connectivity index (χ4v) is 1.94. The number of rotatable bonds is 2. The summed E-state index contributed by atoms with van der Waals surface area (Å²) in [7, 11) is 1.51. The van der Waals surface area contributed by atoms with E-state index >= 15 is 0 Å². The summed E-state index contributed by atoms with van der Waals surface area (Å²) in [5.41, 5.74) is 6.07. The number of carbonyl (C=O) groups excluding carboxylic acids is 1. The molecule has 0 aliphatic heterocycles. The first kappa shape index (κ1) is 12.2. The predicted molar refractivity (Wildman–Crippen MR) is 69.6 cm³/mol. The molecule has 0 aliphatic carbocycles. The number of ether oxygens (including phenoxy) is 1. The van der Waals surface area contributed by atoms with Crippen LogP contribution in [0.15, 0.2) is 29.1 Å². The monoisotopic (exact) mass is 246 g/mol. The Morgan fingerprint density at radius 3 is 2.56 bits per heavy atom. The van der Waals surface area contributed by atoms with Crippen molar-refractivity contribution in [1.82, 2.24) is 4.57 Å². The average molecular weight is 246 g/mol. The van der Waals surface area contributed by atoms with E-state index in [1.807, 2.05) is 0 Å². The third kappa shape index (κ3) is 1.73. The highest BCUT2D eigenvalue weighted by Gasteiger charge is 2.19. The van der Waals surface area contributed by atoms with Crippen molar-refractivity contribution in [3.8, 4) is 0 Å². The highest BCUT2D eigenvalue weighted by Crippen LogP contribution is 2.22. The summed E-state index contributed by atoms with van der Waals surface area (Å²) >= 11 is 0. The van der Waals surface area contributed by atoms with E-state index < -0.39 is 5.97 Å². The van der Waals surface area contributed by atoms with Crippen molar-refractivity contribution < 1.29 is 9.53 Å². The van der Waals surface area contributed by atoms with E-state index in [-0.39, 0.29) is 23.5 Å². The number of fused-ring (bicyclic) bond motifs is 1. The normalized spacial score (nSPS) is 10.6. The molecule has 2 aromatic rings. The van der Waals surface area contributed by atoms with Crippen molar-refractivity contribution >= 4 is 22.4 Å². The lowest BCUT2D eigenvalue weighted by Gasteiger charge is -2.12. The SMILES string of the molecule is CCOC(=O)c1c(N)c2ccccc2c(=O)n1C. The van der Waals surface area contributed by atoms with E-state index in [0.29, 0.717) is 10.8 Å². The van der Waals surface area contributed by atoms with Gasteiger partial charge in [-0.05, 0) is 13.0 Å². The molecule has 2 N–H and O–H groups in total. The lowest BCUT2D eigenvalue weighted by molar-refractivity contribution is 0.0515. The number of hydrogen-bond donors (Lipinski definition) is 1. The van der Waals surface area contributed by atoms with Gasteiger partial charge in [0.1, 0.15) is 0 Å². The van der Waals surface area contributed by atoms with Crippen molar-refractivity contribution in [3.63, 3.8) is 0 Å². The molecule has 5 heteroatoms. The van der Waals surface area contributed by atoms with Crippen molar-refractivity contribution in [2.75, 3.05) is 12.3 Å². The van der Waals surface area contributed by atoms with Crippen molar-refractivity contribution in [2.45, 2.75) is 6.92 Å². The minimum absolute atomic E-state index is 0.0977. The van der Waals surface area contributed by atoms with Crippen LogP contribution in [0.2, 0.25) is 0 Å². The lowest BCUT2D eigenvalue weighted by Crippen LogP contribution is -2.26. The Labute approximate surface area is 104 Å². The number of aromatic nitrogens is 1. The second-order valence-electron chi connectivity index (χ2n) is 3.89. The van der Waals surface area contributed by atoms with Gasteiger partial charge >= 0.3 is 5.97 Å². The quantitative estimate of drug-likeness (QED) is 0.810. The summed E-state index contributed by atoms with van der Waals surface area (Å²) < 4.78 is 6.15. The van der Waals surface area contributed by atoms with E-state index in [9.17, 15) is 9.59 Å². The van der Waals surface area contributed by atoms with Gasteiger partial charge in [0, 0.05) is 17.8 Å². The Hall–Kier alpha value is -2.30. The Kier molecular flexibility index (Phi) is 3.06. The van der Waals surface area contributed by atoms with Gasteiger partial charge in [0.05, 0.1) is 12.3 Å². The molecule has 0 unspecified atom stereocenters. The van der Waals surface area contributed by atoms with Gasteiger partial charge in [-0.3, -0.25) is 4.79 Å². The van der Waals surface area contributed by atoms with Crippen LogP contribution in [0.25, 0.3) is 10.8 Å². The molecule has 94 valence electrons. The number of pyridine rings is 1. The van der Waals surface area contributed by atoms with Gasteiger partial charge in [0.25, 0.3) is 5.56 Å². The first-order chi connectivity index (χ1) is 8.57. The Morgan fingerprint density at radius 1 is 1.33 bits per heavy atom. The second-order valence-corrected chi connectivity index (χ2v) is 3.89. The molecule has 0 atom stereocenters. The minimum atomic E-state index is -0.583. The Morgan fingerprint density at radius 2 is 1.94 bits per heavy atom. The van der Waals surface area contributed by atoms with Crippen molar-refractivity contribution in [1.29, 1.82) is 0 Å². The first-order valence-corrected chi connectivity index (χ1v) is 5.62. The van der Waals surface area contributed by atoms with Crippen LogP contribution in [0.4, 0.5) is 5.69 Å². The molecule has 0 spiro atoms. The van der Waals surface area contributed by atoms with E-state index in [1.165, 1.54) is 11.6 Å². The number of hydrogen-bond acceptors (Lipinski definition) is 4. The van der Waals surface area contributed by atoms with Gasteiger partial charge in [-0.1, -0.05) is 18.2 Å². The number of carbonyl (C=O) groups is 1. The third-order valence-corrected chi connectivity index (χ3v) is 2.81. The molecule has 18 heavy (non-hydrogen) atoms. The molecular weight excluding hydrogens is 232 g/mol. The van der Waals surface area contributed by atoms with Crippen LogP contribution in [0.3, 0.4) is 0 Å². The third-order valence-electron chi connectivity index (χ3n) is 2.81. The maximum atomic E-state index is 12.1. The zero-order chi connectivity index (χ0) is 13.3. The number of nitrogen functional groups attached to an aromatic ring is 1. The van der Waals surface area contributed by atoms with Crippen LogP contribution in [0, 0.1) is 0 Å². The van der Waals surface area contributed by atoms with Gasteiger partial charge in [-0.15, -0.1) is 0 Å². The van der Waals surface area contributed by atoms with Gasteiger partial charge in [0.15, 0.2) is 5.69 Å². The van der Waals surface area contributed by atoms with Gasteiger partial charge in [-0.25, -0.2) is 4.79 Å². The highest BCUT2D eigenvalue weighted by molar-refractivity contribution is 6.03. The maximum Gasteiger partial charge on any atom is 0.357 e. The lowest BCUT2D eigenvalue weighted by atomic mass is 10.1. The molecule has 1 heterocycles. The number of anilines is 1. The molecule has 0 saturated carbocycles. The van der Waals surface area contributed by atoms with Crippen molar-refractivity contribution in [2.24, 2.45) is 7.05 Å². The van der Waals surface area contributed by atoms with E-state index in [4.69, 9.17) is 10.5 Å². The number of esters is 1. The molecule has 0 amide bonds. The zero-order valence-corrected chi connectivity index (χ0v) is 10.3. The van der Waals surface area contributed by atoms with Crippen molar-refractivity contribution in [3.05, 3.63) is 40.3 Å². The Bertz CT molecular complexity index is 674. The molecule has 0 bridgehead atoms. The van der Waals surface area contributed by atoms with Crippen LogP contribution in [-0.2, 0) is 11.8 Å². The van der Waals surface area contributed by atoms with E-state index in [2.05, 4.69) is 0 Å². The molecule has 0 aliphatic rings. The van der Waals surface area contributed by atoms with E-state index in [1.54, 1.807) is 31.2 Å². The van der Waals surface area contributed by atoms with Crippen LogP contribution in [0.5, 0.6) is 0 Å². The molecule has 0 fully saturated rings. The summed E-state index contributed by atoms with van der Waals surface area (Å²) in [5, 5.41) is 1.06. The fourth-order valence-electron chi connectivity index (χ4n) is 1.94. The average Bonchev–Trinajstić information content (AvgIpc) is 2.37. The zero-order valence-electron chi connectivity index (χ0n) is 10.3. The summed E-state index contributed by atoms with van der Waals surface area (Å²) in [5.74, 6) is -0.583. The molecule has 5 nitrogen and oxygen atoms in total. The smallest absolute Gasteiger partial charge is 0.357 e. The fraction of sp³-hybridized carbons (Fsp3) is 0.231. The molecule has 1 aromatic carbocycles. The summed E-state index contributed by atoms with van der Waals surface area (Å²) in [6.45, 7) is 1.94. The number of benzene rings is 1. The van der Waals surface area contributed by atoms with E-state index in [0.717, 1.165) is 0 Å². The summed E-state index contributed by atoms with van der Waals surface area (Å²) in [6, 6.07) is 6.93. The number of nitrogens with zero attached hydrogens (tertiary/aromatic N) is 1. The highest BCUT2D eigenvalue weighted by atomic mass is 16.5. The number of nitrogens with two attached hydrogens (primary N) is 1. The standard InChI is InChI=1S/C13H14N2O3/c1-3-18-13(17)11-10(14)8-6-4-5-7-9(8)12(16)15(11)2/h4-7H,3,14H2,1-2H3. The summed E-state index contributed by atoms with van der Waals surface area (Å²) in [6.07, 6.45) is 0.